The van der Waals surface area contributed by atoms with Crippen LogP contribution in [-0.4, -0.2) is 30.3 Å². The highest BCUT2D eigenvalue weighted by Crippen LogP contribution is 2.30. The summed E-state index contributed by atoms with van der Waals surface area (Å²) in [5.74, 6) is 0.173. The molecule has 0 radical (unpaired) electrons. The fourth-order valence-electron chi connectivity index (χ4n) is 3.24. The molecule has 0 heterocycles. The number of aliphatic carboxylic acids is 1. The highest BCUT2D eigenvalue weighted by atomic mass is 16.5. The quantitative estimate of drug-likeness (QED) is 0.840. The third-order valence-corrected chi connectivity index (χ3v) is 4.41. The van der Waals surface area contributed by atoms with Crippen LogP contribution in [0, 0.1) is 5.41 Å². The topological polar surface area (TPSA) is 58.6 Å². The van der Waals surface area contributed by atoms with Crippen molar-refractivity contribution in [2.24, 2.45) is 5.41 Å². The predicted molar refractivity (Wildman–Crippen MR) is 87.4 cm³/mol. The molecule has 1 unspecified atom stereocenters. The van der Waals surface area contributed by atoms with E-state index < -0.39 is 12.0 Å². The number of nitrogens with one attached hydrogen (secondary N) is 1. The number of benzene rings is 1. The van der Waals surface area contributed by atoms with Crippen LogP contribution in [-0.2, 0) is 17.6 Å². The minimum absolute atomic E-state index is 0.189. The van der Waals surface area contributed by atoms with Gasteiger partial charge in [0.1, 0.15) is 11.8 Å². The highest BCUT2D eigenvalue weighted by Gasteiger charge is 2.33. The van der Waals surface area contributed by atoms with Gasteiger partial charge in [-0.05, 0) is 48.3 Å². The number of methoxy groups -OCH3 is 1. The van der Waals surface area contributed by atoms with Crippen molar-refractivity contribution in [1.29, 1.82) is 0 Å². The SMILES string of the molecule is COc1cccc2c1CCCC(N[C@@H](C(=O)O)C(C)(C)C)C2. The molecule has 1 aromatic carbocycles. The molecule has 4 heteroatoms. The third kappa shape index (κ3) is 3.80. The Morgan fingerprint density at radius 1 is 1.41 bits per heavy atom. The first kappa shape index (κ1) is 16.8. The summed E-state index contributed by atoms with van der Waals surface area (Å²) in [5.41, 5.74) is 2.24. The first-order valence-corrected chi connectivity index (χ1v) is 7.96. The molecule has 0 saturated carbocycles. The maximum atomic E-state index is 11.6. The van der Waals surface area contributed by atoms with Gasteiger partial charge in [-0.15, -0.1) is 0 Å². The van der Waals surface area contributed by atoms with Crippen LogP contribution in [0.15, 0.2) is 18.2 Å². The lowest BCUT2D eigenvalue weighted by atomic mass is 9.85. The van der Waals surface area contributed by atoms with Crippen molar-refractivity contribution < 1.29 is 14.6 Å². The number of rotatable bonds is 4. The van der Waals surface area contributed by atoms with Crippen molar-refractivity contribution in [3.05, 3.63) is 29.3 Å². The fourth-order valence-corrected chi connectivity index (χ4v) is 3.24. The molecule has 122 valence electrons. The van der Waals surface area contributed by atoms with Crippen molar-refractivity contribution in [3.8, 4) is 5.75 Å². The zero-order valence-corrected chi connectivity index (χ0v) is 14.0. The van der Waals surface area contributed by atoms with Crippen molar-refractivity contribution in [2.75, 3.05) is 7.11 Å². The molecule has 0 bridgehead atoms. The monoisotopic (exact) mass is 305 g/mol. The van der Waals surface area contributed by atoms with E-state index in [1.54, 1.807) is 7.11 Å². The van der Waals surface area contributed by atoms with E-state index in [9.17, 15) is 9.90 Å². The van der Waals surface area contributed by atoms with Gasteiger partial charge in [-0.2, -0.15) is 0 Å². The molecular formula is C18H27NO3. The van der Waals surface area contributed by atoms with Crippen LogP contribution >= 0.6 is 0 Å². The van der Waals surface area contributed by atoms with Crippen LogP contribution in [0.5, 0.6) is 5.75 Å². The molecule has 0 fully saturated rings. The molecule has 2 N–H and O–H groups in total. The summed E-state index contributed by atoms with van der Waals surface area (Å²) in [6.45, 7) is 5.89. The molecule has 1 aliphatic carbocycles. The number of ether oxygens (including phenoxy) is 1. The largest absolute Gasteiger partial charge is 0.496 e. The van der Waals surface area contributed by atoms with Gasteiger partial charge in [-0.1, -0.05) is 32.9 Å². The number of hydrogen-bond donors (Lipinski definition) is 2. The second-order valence-electron chi connectivity index (χ2n) is 7.20. The summed E-state index contributed by atoms with van der Waals surface area (Å²) in [6.07, 6.45) is 3.87. The Hall–Kier alpha value is -1.55. The Morgan fingerprint density at radius 3 is 2.73 bits per heavy atom. The first-order chi connectivity index (χ1) is 10.3. The summed E-state index contributed by atoms with van der Waals surface area (Å²) >= 11 is 0. The lowest BCUT2D eigenvalue weighted by Crippen LogP contribution is -2.51. The molecule has 1 aliphatic rings. The van der Waals surface area contributed by atoms with E-state index in [-0.39, 0.29) is 11.5 Å². The second kappa shape index (κ2) is 6.69. The molecule has 2 atom stereocenters. The molecule has 1 aromatic rings. The zero-order valence-electron chi connectivity index (χ0n) is 14.0. The van der Waals surface area contributed by atoms with Crippen molar-refractivity contribution in [1.82, 2.24) is 5.32 Å². The van der Waals surface area contributed by atoms with E-state index in [0.717, 1.165) is 31.4 Å². The van der Waals surface area contributed by atoms with Gasteiger partial charge in [-0.25, -0.2) is 0 Å². The maximum Gasteiger partial charge on any atom is 0.321 e. The van der Waals surface area contributed by atoms with Crippen molar-refractivity contribution >= 4 is 5.97 Å². The highest BCUT2D eigenvalue weighted by molar-refractivity contribution is 5.74. The molecule has 0 saturated heterocycles. The van der Waals surface area contributed by atoms with E-state index in [0.29, 0.717) is 0 Å². The summed E-state index contributed by atoms with van der Waals surface area (Å²) in [6, 6.07) is 5.80. The van der Waals surface area contributed by atoms with E-state index in [2.05, 4.69) is 11.4 Å². The van der Waals surface area contributed by atoms with Crippen LogP contribution in [0.3, 0.4) is 0 Å². The zero-order chi connectivity index (χ0) is 16.3. The van der Waals surface area contributed by atoms with Gasteiger partial charge in [0, 0.05) is 6.04 Å². The van der Waals surface area contributed by atoms with E-state index in [4.69, 9.17) is 4.74 Å². The van der Waals surface area contributed by atoms with Gasteiger partial charge in [0.15, 0.2) is 0 Å². The van der Waals surface area contributed by atoms with Gasteiger partial charge < -0.3 is 15.2 Å². The van der Waals surface area contributed by atoms with Gasteiger partial charge in [-0.3, -0.25) is 4.79 Å². The van der Waals surface area contributed by atoms with Crippen LogP contribution in [0.1, 0.15) is 44.7 Å². The third-order valence-electron chi connectivity index (χ3n) is 4.41. The molecule has 0 amide bonds. The first-order valence-electron chi connectivity index (χ1n) is 7.96. The smallest absolute Gasteiger partial charge is 0.321 e. The second-order valence-corrected chi connectivity index (χ2v) is 7.20. The lowest BCUT2D eigenvalue weighted by Gasteiger charge is -2.31. The van der Waals surface area contributed by atoms with E-state index >= 15 is 0 Å². The van der Waals surface area contributed by atoms with Crippen LogP contribution in [0.4, 0.5) is 0 Å². The average Bonchev–Trinajstić information content (AvgIpc) is 2.64. The Morgan fingerprint density at radius 2 is 2.14 bits per heavy atom. The molecule has 4 nitrogen and oxygen atoms in total. The molecule has 0 spiro atoms. The van der Waals surface area contributed by atoms with Crippen LogP contribution in [0.2, 0.25) is 0 Å². The van der Waals surface area contributed by atoms with E-state index in [1.165, 1.54) is 11.1 Å². The molecule has 0 aliphatic heterocycles. The van der Waals surface area contributed by atoms with Gasteiger partial charge >= 0.3 is 5.97 Å². The summed E-state index contributed by atoms with van der Waals surface area (Å²) in [4.78, 5) is 11.6. The maximum absolute atomic E-state index is 11.6. The lowest BCUT2D eigenvalue weighted by molar-refractivity contribution is -0.142. The van der Waals surface area contributed by atoms with Crippen molar-refractivity contribution in [2.45, 2.75) is 58.5 Å². The standard InChI is InChI=1S/C18H27NO3/c1-18(2,3)16(17(20)21)19-13-8-6-9-14-12(11-13)7-5-10-15(14)22-4/h5,7,10,13,16,19H,6,8-9,11H2,1-4H3,(H,20,21)/t13?,16-/m0/s1. The predicted octanol–water partition coefficient (Wildman–Crippen LogP) is 3.03. The Labute approximate surface area is 132 Å². The normalized spacial score (nSPS) is 19.9. The minimum atomic E-state index is -0.775. The van der Waals surface area contributed by atoms with Gasteiger partial charge in [0.05, 0.1) is 7.11 Å². The summed E-state index contributed by atoms with van der Waals surface area (Å²) < 4.78 is 5.46. The Kier molecular flexibility index (Phi) is 5.12. The number of fused-ring (bicyclic) bond motifs is 1. The summed E-state index contributed by atoms with van der Waals surface area (Å²) in [5, 5.41) is 12.9. The van der Waals surface area contributed by atoms with Gasteiger partial charge in [0.25, 0.3) is 0 Å². The fraction of sp³-hybridized carbons (Fsp3) is 0.611. The molecular weight excluding hydrogens is 278 g/mol. The number of carbonyl (C=O) groups is 1. The van der Waals surface area contributed by atoms with Crippen LogP contribution < -0.4 is 10.1 Å². The molecule has 0 aromatic heterocycles. The minimum Gasteiger partial charge on any atom is -0.496 e. The number of carboxylic acids is 1. The van der Waals surface area contributed by atoms with E-state index in [1.807, 2.05) is 32.9 Å². The Balaban J connectivity index is 2.19. The van der Waals surface area contributed by atoms with Gasteiger partial charge in [0.2, 0.25) is 0 Å². The molecule has 22 heavy (non-hydrogen) atoms. The molecule has 2 rings (SSSR count). The number of carboxylic acid groups (broad SMARTS) is 1. The average molecular weight is 305 g/mol. The van der Waals surface area contributed by atoms with Crippen molar-refractivity contribution in [3.63, 3.8) is 0 Å². The summed E-state index contributed by atoms with van der Waals surface area (Å²) in [7, 11) is 1.70. The number of hydrogen-bond acceptors (Lipinski definition) is 3. The van der Waals surface area contributed by atoms with Crippen LogP contribution in [0.25, 0.3) is 0 Å². The Bertz CT molecular complexity index is 534.